The van der Waals surface area contributed by atoms with Crippen LogP contribution in [0.25, 0.3) is 22.3 Å². The number of hydrogen-bond donors (Lipinski definition) is 2. The lowest BCUT2D eigenvalue weighted by molar-refractivity contribution is 1.29. The molecule has 0 amide bonds. The molecule has 108 valence electrons. The van der Waals surface area contributed by atoms with E-state index in [0.29, 0.717) is 0 Å². The molecule has 0 fully saturated rings. The Morgan fingerprint density at radius 3 is 2.55 bits per heavy atom. The molecule has 2 heterocycles. The largest absolute Gasteiger partial charge is 0.326 e. The lowest BCUT2D eigenvalue weighted by Crippen LogP contribution is -1.92. The van der Waals surface area contributed by atoms with Crippen molar-refractivity contribution in [3.8, 4) is 11.3 Å². The van der Waals surface area contributed by atoms with Crippen LogP contribution in [0, 0.1) is 6.92 Å². The Morgan fingerprint density at radius 1 is 1.00 bits per heavy atom. The average molecular weight is 306 g/mol. The van der Waals surface area contributed by atoms with Crippen molar-refractivity contribution >= 4 is 34.0 Å². The maximum absolute atomic E-state index is 4.51. The number of imidazole rings is 1. The number of hydrogen-bond acceptors (Lipinski definition) is 4. The molecule has 2 N–H and O–H groups in total. The summed E-state index contributed by atoms with van der Waals surface area (Å²) in [6.45, 7) is 2.02. The topological polar surface area (TPSA) is 53.6 Å². The lowest BCUT2D eigenvalue weighted by atomic mass is 10.1. The number of H-pyrrole nitrogens is 1. The van der Waals surface area contributed by atoms with E-state index in [9.17, 15) is 0 Å². The van der Waals surface area contributed by atoms with Crippen molar-refractivity contribution in [3.63, 3.8) is 0 Å². The Hall–Kier alpha value is -2.66. The van der Waals surface area contributed by atoms with Gasteiger partial charge in [-0.2, -0.15) is 0 Å². The Balaban J connectivity index is 1.58. The van der Waals surface area contributed by atoms with Crippen molar-refractivity contribution < 1.29 is 0 Å². The number of fused-ring (bicyclic) bond motifs is 1. The van der Waals surface area contributed by atoms with E-state index in [1.165, 1.54) is 0 Å². The standard InChI is InChI=1S/C17H14N4S/c1-11-18-16(10-22-11)12-6-8-13(9-7-12)19-17-20-14-4-2-3-5-15(14)21-17/h2-10H,1H3,(H2,19,20,21). The highest BCUT2D eigenvalue weighted by molar-refractivity contribution is 7.09. The van der Waals surface area contributed by atoms with Gasteiger partial charge in [0.05, 0.1) is 21.7 Å². The molecule has 0 aliphatic rings. The van der Waals surface area contributed by atoms with Crippen LogP contribution in [0.3, 0.4) is 0 Å². The second kappa shape index (κ2) is 5.27. The molecule has 22 heavy (non-hydrogen) atoms. The van der Waals surface area contributed by atoms with Gasteiger partial charge in [-0.25, -0.2) is 9.97 Å². The fourth-order valence-electron chi connectivity index (χ4n) is 2.37. The molecule has 2 aromatic carbocycles. The third-order valence-corrected chi connectivity index (χ3v) is 4.23. The van der Waals surface area contributed by atoms with Crippen LogP contribution in [0.1, 0.15) is 5.01 Å². The van der Waals surface area contributed by atoms with Gasteiger partial charge >= 0.3 is 0 Å². The first-order valence-corrected chi connectivity index (χ1v) is 7.90. The van der Waals surface area contributed by atoms with Crippen LogP contribution in [-0.2, 0) is 0 Å². The van der Waals surface area contributed by atoms with E-state index in [-0.39, 0.29) is 0 Å². The second-order valence-electron chi connectivity index (χ2n) is 5.06. The Kier molecular flexibility index (Phi) is 3.12. The molecule has 4 aromatic rings. The molecular formula is C17H14N4S. The minimum Gasteiger partial charge on any atom is -0.326 e. The van der Waals surface area contributed by atoms with E-state index in [4.69, 9.17) is 0 Å². The van der Waals surface area contributed by atoms with Crippen LogP contribution in [0.2, 0.25) is 0 Å². The van der Waals surface area contributed by atoms with Gasteiger partial charge in [0.15, 0.2) is 0 Å². The Bertz CT molecular complexity index is 888. The van der Waals surface area contributed by atoms with Gasteiger partial charge in [0.1, 0.15) is 0 Å². The molecule has 0 spiro atoms. The van der Waals surface area contributed by atoms with Crippen LogP contribution >= 0.6 is 11.3 Å². The number of anilines is 2. The van der Waals surface area contributed by atoms with Gasteiger partial charge in [-0.05, 0) is 31.2 Å². The van der Waals surface area contributed by atoms with E-state index in [1.807, 2.05) is 43.3 Å². The first kappa shape index (κ1) is 13.0. The predicted molar refractivity (Wildman–Crippen MR) is 91.7 cm³/mol. The third-order valence-electron chi connectivity index (χ3n) is 3.45. The van der Waals surface area contributed by atoms with Crippen molar-refractivity contribution in [2.75, 3.05) is 5.32 Å². The minimum absolute atomic E-state index is 0.749. The summed E-state index contributed by atoms with van der Waals surface area (Å²) in [6.07, 6.45) is 0. The minimum atomic E-state index is 0.749. The van der Waals surface area contributed by atoms with E-state index in [1.54, 1.807) is 11.3 Å². The van der Waals surface area contributed by atoms with Gasteiger partial charge in [-0.15, -0.1) is 11.3 Å². The van der Waals surface area contributed by atoms with Gasteiger partial charge in [0.25, 0.3) is 0 Å². The molecule has 5 heteroatoms. The number of rotatable bonds is 3. The zero-order chi connectivity index (χ0) is 14.9. The molecule has 2 aromatic heterocycles. The quantitative estimate of drug-likeness (QED) is 0.575. The van der Waals surface area contributed by atoms with Gasteiger partial charge in [0.2, 0.25) is 5.95 Å². The van der Waals surface area contributed by atoms with Gasteiger partial charge in [0, 0.05) is 16.6 Å². The zero-order valence-electron chi connectivity index (χ0n) is 12.0. The summed E-state index contributed by atoms with van der Waals surface area (Å²) in [5, 5.41) is 6.46. The Labute approximate surface area is 131 Å². The molecule has 0 bridgehead atoms. The number of aromatic nitrogens is 3. The Morgan fingerprint density at radius 2 is 1.82 bits per heavy atom. The molecule has 4 rings (SSSR count). The number of nitrogens with zero attached hydrogens (tertiary/aromatic N) is 2. The van der Waals surface area contributed by atoms with Gasteiger partial charge in [-0.1, -0.05) is 24.3 Å². The van der Waals surface area contributed by atoms with Gasteiger partial charge in [-0.3, -0.25) is 0 Å². The molecule has 0 aliphatic carbocycles. The van der Waals surface area contributed by atoms with E-state index in [0.717, 1.165) is 38.9 Å². The fourth-order valence-corrected chi connectivity index (χ4v) is 2.99. The summed E-state index contributed by atoms with van der Waals surface area (Å²) in [4.78, 5) is 12.3. The van der Waals surface area contributed by atoms with Crippen molar-refractivity contribution in [3.05, 3.63) is 58.9 Å². The normalized spacial score (nSPS) is 11.0. The first-order valence-electron chi connectivity index (χ1n) is 7.02. The molecular weight excluding hydrogens is 292 g/mol. The van der Waals surface area contributed by atoms with E-state index < -0.39 is 0 Å². The predicted octanol–water partition coefficient (Wildman–Crippen LogP) is 4.74. The van der Waals surface area contributed by atoms with Crippen LogP contribution < -0.4 is 5.32 Å². The summed E-state index contributed by atoms with van der Waals surface area (Å²) < 4.78 is 0. The van der Waals surface area contributed by atoms with E-state index in [2.05, 4.69) is 37.8 Å². The van der Waals surface area contributed by atoms with Crippen LogP contribution in [-0.4, -0.2) is 15.0 Å². The molecule has 0 saturated heterocycles. The van der Waals surface area contributed by atoms with Crippen molar-refractivity contribution in [2.45, 2.75) is 6.92 Å². The van der Waals surface area contributed by atoms with Crippen LogP contribution in [0.5, 0.6) is 0 Å². The highest BCUT2D eigenvalue weighted by Gasteiger charge is 2.04. The molecule has 0 aliphatic heterocycles. The SMILES string of the molecule is Cc1nc(-c2ccc(Nc3nc4ccccc4[nH]3)cc2)cs1. The zero-order valence-corrected chi connectivity index (χ0v) is 12.8. The highest BCUT2D eigenvalue weighted by atomic mass is 32.1. The highest BCUT2D eigenvalue weighted by Crippen LogP contribution is 2.24. The average Bonchev–Trinajstić information content (AvgIpc) is 3.13. The van der Waals surface area contributed by atoms with Crippen molar-refractivity contribution in [1.29, 1.82) is 0 Å². The second-order valence-corrected chi connectivity index (χ2v) is 6.12. The van der Waals surface area contributed by atoms with Gasteiger partial charge < -0.3 is 10.3 Å². The summed E-state index contributed by atoms with van der Waals surface area (Å²) in [6, 6.07) is 16.2. The molecule has 0 saturated carbocycles. The number of aromatic amines is 1. The monoisotopic (exact) mass is 306 g/mol. The summed E-state index contributed by atoms with van der Waals surface area (Å²) in [7, 11) is 0. The summed E-state index contributed by atoms with van der Waals surface area (Å²) in [5.41, 5.74) is 5.13. The summed E-state index contributed by atoms with van der Waals surface area (Å²) >= 11 is 1.67. The van der Waals surface area contributed by atoms with Crippen LogP contribution in [0.4, 0.5) is 11.6 Å². The third kappa shape index (κ3) is 2.46. The lowest BCUT2D eigenvalue weighted by Gasteiger charge is -2.03. The number of nitrogens with one attached hydrogen (secondary N) is 2. The maximum atomic E-state index is 4.51. The molecule has 0 atom stereocenters. The summed E-state index contributed by atoms with van der Waals surface area (Å²) in [5.74, 6) is 0.749. The number of para-hydroxylation sites is 2. The van der Waals surface area contributed by atoms with Crippen molar-refractivity contribution in [1.82, 2.24) is 15.0 Å². The van der Waals surface area contributed by atoms with E-state index >= 15 is 0 Å². The molecule has 0 radical (unpaired) electrons. The maximum Gasteiger partial charge on any atom is 0.205 e. The fraction of sp³-hybridized carbons (Fsp3) is 0.0588. The molecule has 4 nitrogen and oxygen atoms in total. The number of benzene rings is 2. The first-order chi connectivity index (χ1) is 10.8. The smallest absolute Gasteiger partial charge is 0.205 e. The number of aryl methyl sites for hydroxylation is 1. The molecule has 0 unspecified atom stereocenters. The van der Waals surface area contributed by atoms with Crippen molar-refractivity contribution in [2.24, 2.45) is 0 Å². The van der Waals surface area contributed by atoms with Crippen LogP contribution in [0.15, 0.2) is 53.9 Å². The number of thiazole rings is 1.